The van der Waals surface area contributed by atoms with Gasteiger partial charge in [0.2, 0.25) is 0 Å². The normalized spacial score (nSPS) is 11.8. The van der Waals surface area contributed by atoms with Crippen molar-refractivity contribution in [2.24, 2.45) is 0 Å². The molecule has 0 spiro atoms. The summed E-state index contributed by atoms with van der Waals surface area (Å²) in [5.41, 5.74) is 0.549. The molecule has 1 aromatic rings. The first-order chi connectivity index (χ1) is 9.93. The van der Waals surface area contributed by atoms with Gasteiger partial charge in [0, 0.05) is 31.5 Å². The lowest BCUT2D eigenvalue weighted by Gasteiger charge is -2.25. The third-order valence-corrected chi connectivity index (χ3v) is 4.03. The second-order valence-electron chi connectivity index (χ2n) is 4.71. The molecule has 1 aromatic carbocycles. The lowest BCUT2D eigenvalue weighted by Crippen LogP contribution is -2.37. The molecule has 21 heavy (non-hydrogen) atoms. The number of nitro groups is 1. The first kappa shape index (κ1) is 17.3. The summed E-state index contributed by atoms with van der Waals surface area (Å²) in [6.45, 7) is 4.30. The van der Waals surface area contributed by atoms with Gasteiger partial charge in [0.1, 0.15) is 5.69 Å². The van der Waals surface area contributed by atoms with E-state index in [-0.39, 0.29) is 17.6 Å². The Kier molecular flexibility index (Phi) is 6.48. The topological polar surface area (TPSA) is 75.5 Å². The zero-order valence-electron chi connectivity index (χ0n) is 12.8. The second-order valence-corrected chi connectivity index (χ2v) is 5.62. The van der Waals surface area contributed by atoms with E-state index in [0.29, 0.717) is 17.8 Å². The van der Waals surface area contributed by atoms with E-state index in [0.717, 1.165) is 5.75 Å². The quantitative estimate of drug-likeness (QED) is 0.619. The monoisotopic (exact) mass is 311 g/mol. The van der Waals surface area contributed by atoms with Crippen LogP contribution in [0.3, 0.4) is 0 Å². The lowest BCUT2D eigenvalue weighted by atomic mass is 10.1. The fraction of sp³-hybridized carbons (Fsp3) is 0.500. The standard InChI is InChI=1S/C14H21N3O3S/c1-5-15-13-11(7-6-8-12(13)17(19)20)14(18)16(3)10(2)9-21-4/h6-8,10,15H,5,9H2,1-4H3. The number of thioether (sulfide) groups is 1. The predicted molar refractivity (Wildman–Crippen MR) is 87.2 cm³/mol. The highest BCUT2D eigenvalue weighted by atomic mass is 32.2. The third kappa shape index (κ3) is 4.10. The number of amides is 1. The number of carbonyl (C=O) groups is 1. The van der Waals surface area contributed by atoms with E-state index in [1.54, 1.807) is 35.8 Å². The van der Waals surface area contributed by atoms with Crippen LogP contribution in [0.1, 0.15) is 24.2 Å². The van der Waals surface area contributed by atoms with Crippen LogP contribution in [0, 0.1) is 10.1 Å². The van der Waals surface area contributed by atoms with Gasteiger partial charge in [0.05, 0.1) is 10.5 Å². The van der Waals surface area contributed by atoms with Crippen LogP contribution in [-0.4, -0.2) is 47.4 Å². The van der Waals surface area contributed by atoms with Gasteiger partial charge >= 0.3 is 0 Å². The van der Waals surface area contributed by atoms with Crippen molar-refractivity contribution in [1.29, 1.82) is 0 Å². The molecule has 0 aliphatic carbocycles. The number of rotatable bonds is 7. The molecule has 1 atom stereocenters. The van der Waals surface area contributed by atoms with Gasteiger partial charge in [-0.05, 0) is 26.2 Å². The number of carbonyl (C=O) groups excluding carboxylic acids is 1. The first-order valence-corrected chi connectivity index (χ1v) is 8.10. The molecule has 0 saturated heterocycles. The number of para-hydroxylation sites is 1. The Bertz CT molecular complexity index is 522. The van der Waals surface area contributed by atoms with E-state index in [4.69, 9.17) is 0 Å². The van der Waals surface area contributed by atoms with Crippen molar-refractivity contribution in [2.45, 2.75) is 19.9 Å². The van der Waals surface area contributed by atoms with Gasteiger partial charge in [-0.2, -0.15) is 11.8 Å². The fourth-order valence-electron chi connectivity index (χ4n) is 1.98. The smallest absolute Gasteiger partial charge is 0.293 e. The van der Waals surface area contributed by atoms with Crippen molar-refractivity contribution in [1.82, 2.24) is 4.90 Å². The summed E-state index contributed by atoms with van der Waals surface area (Å²) < 4.78 is 0. The van der Waals surface area contributed by atoms with Crippen LogP contribution >= 0.6 is 11.8 Å². The van der Waals surface area contributed by atoms with E-state index in [1.807, 2.05) is 20.1 Å². The predicted octanol–water partition coefficient (Wildman–Crippen LogP) is 2.85. The maximum atomic E-state index is 12.6. The van der Waals surface area contributed by atoms with Crippen LogP contribution in [0.25, 0.3) is 0 Å². The van der Waals surface area contributed by atoms with Gasteiger partial charge in [-0.25, -0.2) is 0 Å². The van der Waals surface area contributed by atoms with Gasteiger partial charge < -0.3 is 10.2 Å². The molecule has 0 heterocycles. The van der Waals surface area contributed by atoms with E-state index >= 15 is 0 Å². The van der Waals surface area contributed by atoms with Crippen molar-refractivity contribution in [3.63, 3.8) is 0 Å². The Balaban J connectivity index is 3.19. The molecule has 6 nitrogen and oxygen atoms in total. The summed E-state index contributed by atoms with van der Waals surface area (Å²) in [5, 5.41) is 14.1. The maximum Gasteiger partial charge on any atom is 0.293 e. The Morgan fingerprint density at radius 1 is 1.52 bits per heavy atom. The zero-order valence-corrected chi connectivity index (χ0v) is 13.6. The number of hydrogen-bond donors (Lipinski definition) is 1. The molecule has 7 heteroatoms. The average Bonchev–Trinajstić information content (AvgIpc) is 2.46. The van der Waals surface area contributed by atoms with Crippen molar-refractivity contribution in [3.8, 4) is 0 Å². The first-order valence-electron chi connectivity index (χ1n) is 6.71. The summed E-state index contributed by atoms with van der Waals surface area (Å²) >= 11 is 1.66. The molecule has 0 bridgehead atoms. The molecule has 1 amide bonds. The van der Waals surface area contributed by atoms with Crippen LogP contribution in [0.2, 0.25) is 0 Å². The SMILES string of the molecule is CCNc1c(C(=O)N(C)C(C)CSC)cccc1[N+](=O)[O-]. The number of nitrogens with one attached hydrogen (secondary N) is 1. The van der Waals surface area contributed by atoms with Gasteiger partial charge in [0.25, 0.3) is 11.6 Å². The summed E-state index contributed by atoms with van der Waals surface area (Å²) in [6.07, 6.45) is 1.98. The van der Waals surface area contributed by atoms with Crippen molar-refractivity contribution in [3.05, 3.63) is 33.9 Å². The summed E-state index contributed by atoms with van der Waals surface area (Å²) in [7, 11) is 1.72. The van der Waals surface area contributed by atoms with Crippen molar-refractivity contribution >= 4 is 29.0 Å². The Hall–Kier alpha value is -1.76. The number of nitro benzene ring substituents is 1. The molecule has 1 unspecified atom stereocenters. The third-order valence-electron chi connectivity index (χ3n) is 3.21. The minimum Gasteiger partial charge on any atom is -0.379 e. The average molecular weight is 311 g/mol. The van der Waals surface area contributed by atoms with Crippen LogP contribution < -0.4 is 5.32 Å². The van der Waals surface area contributed by atoms with Crippen molar-refractivity contribution in [2.75, 3.05) is 30.9 Å². The van der Waals surface area contributed by atoms with E-state index in [9.17, 15) is 14.9 Å². The zero-order chi connectivity index (χ0) is 16.0. The Morgan fingerprint density at radius 2 is 2.19 bits per heavy atom. The summed E-state index contributed by atoms with van der Waals surface area (Å²) in [4.78, 5) is 24.8. The lowest BCUT2D eigenvalue weighted by molar-refractivity contribution is -0.384. The van der Waals surface area contributed by atoms with Gasteiger partial charge in [-0.3, -0.25) is 14.9 Å². The molecule has 1 N–H and O–H groups in total. The highest BCUT2D eigenvalue weighted by Gasteiger charge is 2.25. The van der Waals surface area contributed by atoms with Gasteiger partial charge in [-0.1, -0.05) is 6.07 Å². The van der Waals surface area contributed by atoms with Crippen LogP contribution in [0.4, 0.5) is 11.4 Å². The fourth-order valence-corrected chi connectivity index (χ4v) is 2.68. The molecular weight excluding hydrogens is 290 g/mol. The number of anilines is 1. The molecule has 0 aliphatic heterocycles. The molecule has 0 aliphatic rings. The van der Waals surface area contributed by atoms with Gasteiger partial charge in [0.15, 0.2) is 0 Å². The molecule has 116 valence electrons. The maximum absolute atomic E-state index is 12.6. The van der Waals surface area contributed by atoms with Crippen LogP contribution in [0.5, 0.6) is 0 Å². The minimum absolute atomic E-state index is 0.0567. The molecule has 0 radical (unpaired) electrons. The number of hydrogen-bond acceptors (Lipinski definition) is 5. The van der Waals surface area contributed by atoms with Crippen molar-refractivity contribution < 1.29 is 9.72 Å². The molecule has 0 fully saturated rings. The molecule has 0 aromatic heterocycles. The van der Waals surface area contributed by atoms with Gasteiger partial charge in [-0.15, -0.1) is 0 Å². The second kappa shape index (κ2) is 7.87. The van der Waals surface area contributed by atoms with E-state index < -0.39 is 4.92 Å². The summed E-state index contributed by atoms with van der Waals surface area (Å²) in [6, 6.07) is 4.62. The van der Waals surface area contributed by atoms with E-state index in [1.165, 1.54) is 6.07 Å². The Morgan fingerprint density at radius 3 is 2.71 bits per heavy atom. The highest BCUT2D eigenvalue weighted by molar-refractivity contribution is 7.98. The van der Waals surface area contributed by atoms with Crippen LogP contribution in [0.15, 0.2) is 18.2 Å². The molecular formula is C14H21N3O3S. The summed E-state index contributed by atoms with van der Waals surface area (Å²) in [5.74, 6) is 0.601. The molecule has 1 rings (SSSR count). The van der Waals surface area contributed by atoms with E-state index in [2.05, 4.69) is 5.32 Å². The minimum atomic E-state index is -0.472. The largest absolute Gasteiger partial charge is 0.379 e. The highest BCUT2D eigenvalue weighted by Crippen LogP contribution is 2.29. The molecule has 0 saturated carbocycles. The number of benzene rings is 1. The number of nitrogens with zero attached hydrogens (tertiary/aromatic N) is 2. The Labute approximate surface area is 129 Å². The van der Waals surface area contributed by atoms with Crippen LogP contribution in [-0.2, 0) is 0 Å².